The number of urea groups is 1. The van der Waals surface area contributed by atoms with E-state index in [-0.39, 0.29) is 13.1 Å². The first-order chi connectivity index (χ1) is 8.52. The van der Waals surface area contributed by atoms with Crippen molar-refractivity contribution in [2.75, 3.05) is 39.8 Å². The van der Waals surface area contributed by atoms with Crippen LogP contribution in [0.1, 0.15) is 6.42 Å². The molecule has 1 saturated heterocycles. The highest BCUT2D eigenvalue weighted by atomic mass is 16.4. The van der Waals surface area contributed by atoms with Crippen LogP contribution in [0.15, 0.2) is 0 Å². The van der Waals surface area contributed by atoms with Gasteiger partial charge in [-0.3, -0.25) is 4.79 Å². The van der Waals surface area contributed by atoms with E-state index in [1.54, 1.807) is 0 Å². The molecule has 0 aromatic heterocycles. The molecule has 6 nitrogen and oxygen atoms in total. The van der Waals surface area contributed by atoms with E-state index in [1.807, 2.05) is 7.05 Å². The molecule has 1 unspecified atom stereocenters. The predicted molar refractivity (Wildman–Crippen MR) is 67.0 cm³/mol. The van der Waals surface area contributed by atoms with Crippen molar-refractivity contribution in [3.8, 4) is 12.3 Å². The molecular weight excluding hydrogens is 234 g/mol. The number of rotatable bonds is 5. The second-order valence-electron chi connectivity index (χ2n) is 4.56. The van der Waals surface area contributed by atoms with Gasteiger partial charge in [0.1, 0.15) is 6.54 Å². The third kappa shape index (κ3) is 4.63. The van der Waals surface area contributed by atoms with Gasteiger partial charge in [0.25, 0.3) is 0 Å². The van der Waals surface area contributed by atoms with Crippen molar-refractivity contribution >= 4 is 12.0 Å². The zero-order chi connectivity index (χ0) is 13.5. The minimum atomic E-state index is -1.07. The van der Waals surface area contributed by atoms with Crippen molar-refractivity contribution in [3.63, 3.8) is 0 Å². The molecule has 1 atom stereocenters. The summed E-state index contributed by atoms with van der Waals surface area (Å²) in [6.07, 6.45) is 6.15. The number of carbonyl (C=O) groups is 2. The Balaban J connectivity index is 2.37. The third-order valence-electron chi connectivity index (χ3n) is 2.93. The summed E-state index contributed by atoms with van der Waals surface area (Å²) >= 11 is 0. The van der Waals surface area contributed by atoms with Gasteiger partial charge in [0, 0.05) is 13.1 Å². The van der Waals surface area contributed by atoms with E-state index in [0.29, 0.717) is 12.5 Å². The van der Waals surface area contributed by atoms with Crippen LogP contribution in [-0.4, -0.2) is 66.7 Å². The Morgan fingerprint density at radius 3 is 2.83 bits per heavy atom. The lowest BCUT2D eigenvalue weighted by Crippen LogP contribution is -2.44. The maximum atomic E-state index is 11.7. The number of nitrogens with one attached hydrogen (secondary N) is 1. The molecule has 0 aromatic rings. The quantitative estimate of drug-likeness (QED) is 0.658. The minimum absolute atomic E-state index is 0.00268. The number of hydrogen-bond acceptors (Lipinski definition) is 3. The molecule has 1 fully saturated rings. The number of likely N-dealkylation sites (tertiary alicyclic amines) is 1. The Morgan fingerprint density at radius 2 is 2.33 bits per heavy atom. The second kappa shape index (κ2) is 6.87. The highest BCUT2D eigenvalue weighted by Gasteiger charge is 2.21. The van der Waals surface area contributed by atoms with Crippen LogP contribution in [0.2, 0.25) is 0 Å². The number of carbonyl (C=O) groups excluding carboxylic acids is 1. The molecule has 18 heavy (non-hydrogen) atoms. The summed E-state index contributed by atoms with van der Waals surface area (Å²) in [5.41, 5.74) is 0. The van der Waals surface area contributed by atoms with E-state index in [1.165, 1.54) is 0 Å². The lowest BCUT2D eigenvalue weighted by Gasteiger charge is -2.20. The number of nitrogens with zero attached hydrogens (tertiary/aromatic N) is 2. The van der Waals surface area contributed by atoms with Crippen molar-refractivity contribution in [2.45, 2.75) is 6.42 Å². The van der Waals surface area contributed by atoms with E-state index in [2.05, 4.69) is 16.1 Å². The lowest BCUT2D eigenvalue weighted by molar-refractivity contribution is -0.137. The number of carboxylic acids is 1. The van der Waals surface area contributed by atoms with Crippen LogP contribution in [-0.2, 0) is 4.79 Å². The van der Waals surface area contributed by atoms with Gasteiger partial charge in [-0.25, -0.2) is 4.79 Å². The number of hydrogen-bond donors (Lipinski definition) is 2. The summed E-state index contributed by atoms with van der Waals surface area (Å²) in [5.74, 6) is 1.64. The van der Waals surface area contributed by atoms with Gasteiger partial charge < -0.3 is 20.2 Å². The molecule has 6 heteroatoms. The van der Waals surface area contributed by atoms with E-state index in [0.717, 1.165) is 24.4 Å². The average molecular weight is 253 g/mol. The zero-order valence-corrected chi connectivity index (χ0v) is 10.6. The SMILES string of the molecule is C#CCN(CC(=O)O)C(=O)NCC1CCN(C)C1. The Hall–Kier alpha value is -1.74. The first-order valence-electron chi connectivity index (χ1n) is 5.89. The topological polar surface area (TPSA) is 72.9 Å². The van der Waals surface area contributed by atoms with Gasteiger partial charge in [-0.2, -0.15) is 0 Å². The maximum Gasteiger partial charge on any atom is 0.323 e. The van der Waals surface area contributed by atoms with Gasteiger partial charge in [-0.1, -0.05) is 5.92 Å². The number of amides is 2. The van der Waals surface area contributed by atoms with Crippen molar-refractivity contribution < 1.29 is 14.7 Å². The second-order valence-corrected chi connectivity index (χ2v) is 4.56. The van der Waals surface area contributed by atoms with Crippen molar-refractivity contribution in [1.82, 2.24) is 15.1 Å². The van der Waals surface area contributed by atoms with E-state index < -0.39 is 12.0 Å². The summed E-state index contributed by atoms with van der Waals surface area (Å²) < 4.78 is 0. The largest absolute Gasteiger partial charge is 0.480 e. The van der Waals surface area contributed by atoms with E-state index in [4.69, 9.17) is 11.5 Å². The van der Waals surface area contributed by atoms with Gasteiger partial charge in [0.2, 0.25) is 0 Å². The van der Waals surface area contributed by atoms with Crippen LogP contribution < -0.4 is 5.32 Å². The standard InChI is InChI=1S/C12H19N3O3/c1-3-5-15(9-11(16)17)12(18)13-7-10-4-6-14(2)8-10/h1,10H,4-9H2,2H3,(H,13,18)(H,16,17). The summed E-state index contributed by atoms with van der Waals surface area (Å²) in [5, 5.41) is 11.4. The molecule has 0 radical (unpaired) electrons. The van der Waals surface area contributed by atoms with Crippen LogP contribution in [0.4, 0.5) is 4.79 Å². The highest BCUT2D eigenvalue weighted by molar-refractivity contribution is 5.80. The Labute approximate surface area is 107 Å². The molecule has 1 aliphatic rings. The lowest BCUT2D eigenvalue weighted by atomic mass is 10.1. The fourth-order valence-electron chi connectivity index (χ4n) is 2.01. The molecule has 1 aliphatic heterocycles. The first-order valence-corrected chi connectivity index (χ1v) is 5.89. The fourth-order valence-corrected chi connectivity index (χ4v) is 2.01. The summed E-state index contributed by atoms with van der Waals surface area (Å²) in [6, 6.07) is -0.412. The number of terminal acetylenes is 1. The van der Waals surface area contributed by atoms with Crippen LogP contribution in [0.25, 0.3) is 0 Å². The predicted octanol–water partition coefficient (Wildman–Crippen LogP) is -0.332. The van der Waals surface area contributed by atoms with Crippen LogP contribution in [0, 0.1) is 18.3 Å². The zero-order valence-electron chi connectivity index (χ0n) is 10.6. The average Bonchev–Trinajstić information content (AvgIpc) is 2.71. The van der Waals surface area contributed by atoms with E-state index in [9.17, 15) is 9.59 Å². The maximum absolute atomic E-state index is 11.7. The van der Waals surface area contributed by atoms with Gasteiger partial charge >= 0.3 is 12.0 Å². The molecule has 0 saturated carbocycles. The summed E-state index contributed by atoms with van der Waals surface area (Å²) in [7, 11) is 2.04. The third-order valence-corrected chi connectivity index (χ3v) is 2.93. The Kier molecular flexibility index (Phi) is 5.46. The molecule has 1 rings (SSSR count). The van der Waals surface area contributed by atoms with Gasteiger partial charge in [-0.15, -0.1) is 6.42 Å². The molecule has 1 heterocycles. The van der Waals surface area contributed by atoms with Crippen molar-refractivity contribution in [2.24, 2.45) is 5.92 Å². The molecule has 0 aliphatic carbocycles. The van der Waals surface area contributed by atoms with Crippen LogP contribution in [0.5, 0.6) is 0 Å². The van der Waals surface area contributed by atoms with Crippen molar-refractivity contribution in [1.29, 1.82) is 0 Å². The first kappa shape index (κ1) is 14.3. The Bertz CT molecular complexity index is 351. The minimum Gasteiger partial charge on any atom is -0.480 e. The fraction of sp³-hybridized carbons (Fsp3) is 0.667. The summed E-state index contributed by atoms with van der Waals surface area (Å²) in [4.78, 5) is 25.7. The monoisotopic (exact) mass is 253 g/mol. The normalized spacial score (nSPS) is 19.2. The molecular formula is C12H19N3O3. The number of carboxylic acid groups (broad SMARTS) is 1. The van der Waals surface area contributed by atoms with Crippen LogP contribution >= 0.6 is 0 Å². The van der Waals surface area contributed by atoms with Gasteiger partial charge in [0.05, 0.1) is 6.54 Å². The molecule has 0 bridgehead atoms. The smallest absolute Gasteiger partial charge is 0.323 e. The molecule has 0 aromatic carbocycles. The molecule has 2 N–H and O–H groups in total. The molecule has 0 spiro atoms. The molecule has 2 amide bonds. The highest BCUT2D eigenvalue weighted by Crippen LogP contribution is 2.12. The summed E-state index contributed by atoms with van der Waals surface area (Å²) in [6.45, 7) is 2.17. The molecule has 100 valence electrons. The van der Waals surface area contributed by atoms with Crippen molar-refractivity contribution in [3.05, 3.63) is 0 Å². The van der Waals surface area contributed by atoms with Gasteiger partial charge in [-0.05, 0) is 25.9 Å². The Morgan fingerprint density at radius 1 is 1.61 bits per heavy atom. The van der Waals surface area contributed by atoms with E-state index >= 15 is 0 Å². The van der Waals surface area contributed by atoms with Gasteiger partial charge in [0.15, 0.2) is 0 Å². The van der Waals surface area contributed by atoms with Crippen LogP contribution in [0.3, 0.4) is 0 Å². The number of aliphatic carboxylic acids is 1.